The van der Waals surface area contributed by atoms with Gasteiger partial charge in [-0.3, -0.25) is 0 Å². The molecular weight excluding hydrogens is 315 g/mol. The normalized spacial score (nSPS) is 18.6. The summed E-state index contributed by atoms with van der Waals surface area (Å²) in [6.45, 7) is 2.15. The molecule has 1 aromatic rings. The highest BCUT2D eigenvalue weighted by molar-refractivity contribution is 5.74. The lowest BCUT2D eigenvalue weighted by atomic mass is 10.2. The zero-order valence-corrected chi connectivity index (χ0v) is 12.6. The number of aromatic nitrogens is 1. The van der Waals surface area contributed by atoms with Gasteiger partial charge in [0.25, 0.3) is 0 Å². The summed E-state index contributed by atoms with van der Waals surface area (Å²) in [5.41, 5.74) is 0.604. The first-order valence-corrected chi connectivity index (χ1v) is 7.12. The maximum Gasteiger partial charge on any atom is 0.422 e. The molecule has 1 unspecified atom stereocenters. The number of rotatable bonds is 4. The highest BCUT2D eigenvalue weighted by atomic mass is 19.4. The summed E-state index contributed by atoms with van der Waals surface area (Å²) in [4.78, 5) is 17.4. The number of urea groups is 1. The van der Waals surface area contributed by atoms with Crippen molar-refractivity contribution in [3.05, 3.63) is 23.9 Å². The lowest BCUT2D eigenvalue weighted by Crippen LogP contribution is -2.48. The average molecular weight is 333 g/mol. The molecule has 1 atom stereocenters. The van der Waals surface area contributed by atoms with Crippen LogP contribution in [0.4, 0.5) is 18.0 Å². The molecule has 1 aliphatic heterocycles. The number of pyridine rings is 1. The number of amides is 2. The van der Waals surface area contributed by atoms with E-state index in [9.17, 15) is 18.0 Å². The number of ether oxygens (including phenoxy) is 2. The molecule has 1 aromatic heterocycles. The molecule has 1 fully saturated rings. The first-order valence-electron chi connectivity index (χ1n) is 7.12. The summed E-state index contributed by atoms with van der Waals surface area (Å²) in [5, 5.41) is 2.71. The van der Waals surface area contributed by atoms with Crippen molar-refractivity contribution < 1.29 is 27.4 Å². The molecule has 6 nitrogen and oxygen atoms in total. The Balaban J connectivity index is 1.84. The van der Waals surface area contributed by atoms with E-state index in [4.69, 9.17) is 4.74 Å². The summed E-state index contributed by atoms with van der Waals surface area (Å²) in [5.74, 6) is -0.130. The SMILES string of the molecule is CC1CN(C(=O)NCc2ccnc(OCC(F)(F)F)c2)CCO1. The summed E-state index contributed by atoms with van der Waals surface area (Å²) in [6.07, 6.45) is -3.10. The summed E-state index contributed by atoms with van der Waals surface area (Å²) < 4.78 is 46.2. The second kappa shape index (κ2) is 7.49. The summed E-state index contributed by atoms with van der Waals surface area (Å²) >= 11 is 0. The summed E-state index contributed by atoms with van der Waals surface area (Å²) in [6, 6.07) is 2.73. The van der Waals surface area contributed by atoms with Crippen LogP contribution in [0.15, 0.2) is 18.3 Å². The first kappa shape index (κ1) is 17.3. The first-order chi connectivity index (χ1) is 10.8. The van der Waals surface area contributed by atoms with Gasteiger partial charge in [-0.2, -0.15) is 13.2 Å². The van der Waals surface area contributed by atoms with Gasteiger partial charge in [0.05, 0.1) is 12.7 Å². The number of carbonyl (C=O) groups is 1. The topological polar surface area (TPSA) is 63.7 Å². The van der Waals surface area contributed by atoms with E-state index in [1.165, 1.54) is 12.3 Å². The quantitative estimate of drug-likeness (QED) is 0.915. The molecule has 1 aliphatic rings. The van der Waals surface area contributed by atoms with Crippen molar-refractivity contribution in [3.63, 3.8) is 0 Å². The minimum atomic E-state index is -4.42. The van der Waals surface area contributed by atoms with E-state index in [1.807, 2.05) is 6.92 Å². The van der Waals surface area contributed by atoms with E-state index in [0.717, 1.165) is 0 Å². The van der Waals surface area contributed by atoms with Gasteiger partial charge in [0.1, 0.15) is 0 Å². The van der Waals surface area contributed by atoms with Crippen LogP contribution in [0, 0.1) is 0 Å². The molecule has 23 heavy (non-hydrogen) atoms. The fourth-order valence-corrected chi connectivity index (χ4v) is 2.09. The fraction of sp³-hybridized carbons (Fsp3) is 0.571. The van der Waals surface area contributed by atoms with Crippen molar-refractivity contribution in [1.82, 2.24) is 15.2 Å². The summed E-state index contributed by atoms with van der Waals surface area (Å²) in [7, 11) is 0. The second-order valence-corrected chi connectivity index (χ2v) is 5.19. The Kier molecular flexibility index (Phi) is 5.64. The van der Waals surface area contributed by atoms with Gasteiger partial charge in [-0.15, -0.1) is 0 Å². The average Bonchev–Trinajstić information content (AvgIpc) is 2.50. The Bertz CT molecular complexity index is 539. The van der Waals surface area contributed by atoms with Crippen LogP contribution in [0.5, 0.6) is 5.88 Å². The fourth-order valence-electron chi connectivity index (χ4n) is 2.09. The maximum atomic E-state index is 12.1. The Morgan fingerprint density at radius 1 is 1.57 bits per heavy atom. The third-order valence-corrected chi connectivity index (χ3v) is 3.15. The molecule has 0 saturated carbocycles. The maximum absolute atomic E-state index is 12.1. The molecule has 0 bridgehead atoms. The van der Waals surface area contributed by atoms with Crippen LogP contribution in [0.1, 0.15) is 12.5 Å². The molecule has 128 valence electrons. The van der Waals surface area contributed by atoms with E-state index in [0.29, 0.717) is 25.3 Å². The Morgan fingerprint density at radius 3 is 3.04 bits per heavy atom. The van der Waals surface area contributed by atoms with E-state index in [2.05, 4.69) is 15.0 Å². The number of alkyl halides is 3. The predicted molar refractivity (Wildman–Crippen MR) is 75.0 cm³/mol. The van der Waals surface area contributed by atoms with Crippen molar-refractivity contribution in [3.8, 4) is 5.88 Å². The van der Waals surface area contributed by atoms with Crippen LogP contribution < -0.4 is 10.1 Å². The van der Waals surface area contributed by atoms with Gasteiger partial charge < -0.3 is 19.7 Å². The van der Waals surface area contributed by atoms with Gasteiger partial charge >= 0.3 is 12.2 Å². The third kappa shape index (κ3) is 5.93. The van der Waals surface area contributed by atoms with Gasteiger partial charge in [0, 0.05) is 31.9 Å². The van der Waals surface area contributed by atoms with Crippen molar-refractivity contribution in [2.45, 2.75) is 25.7 Å². The lowest BCUT2D eigenvalue weighted by molar-refractivity contribution is -0.154. The van der Waals surface area contributed by atoms with Gasteiger partial charge in [-0.25, -0.2) is 9.78 Å². The van der Waals surface area contributed by atoms with Gasteiger partial charge in [-0.1, -0.05) is 0 Å². The molecule has 9 heteroatoms. The molecule has 0 aliphatic carbocycles. The van der Waals surface area contributed by atoms with Gasteiger partial charge in [0.15, 0.2) is 6.61 Å². The van der Waals surface area contributed by atoms with E-state index < -0.39 is 12.8 Å². The molecule has 2 heterocycles. The number of halogens is 3. The smallest absolute Gasteiger partial charge is 0.422 e. The molecule has 2 rings (SSSR count). The van der Waals surface area contributed by atoms with E-state index in [-0.39, 0.29) is 24.6 Å². The minimum absolute atomic E-state index is 0.0159. The van der Waals surface area contributed by atoms with Crippen molar-refractivity contribution in [2.75, 3.05) is 26.3 Å². The molecule has 1 saturated heterocycles. The van der Waals surface area contributed by atoms with Crippen LogP contribution in [-0.2, 0) is 11.3 Å². The largest absolute Gasteiger partial charge is 0.468 e. The highest BCUT2D eigenvalue weighted by Crippen LogP contribution is 2.17. The van der Waals surface area contributed by atoms with Crippen LogP contribution in [0.25, 0.3) is 0 Å². The second-order valence-electron chi connectivity index (χ2n) is 5.19. The van der Waals surface area contributed by atoms with Crippen LogP contribution in [0.2, 0.25) is 0 Å². The molecule has 0 spiro atoms. The van der Waals surface area contributed by atoms with Crippen LogP contribution >= 0.6 is 0 Å². The number of hydrogen-bond donors (Lipinski definition) is 1. The van der Waals surface area contributed by atoms with Crippen LogP contribution in [0.3, 0.4) is 0 Å². The number of hydrogen-bond acceptors (Lipinski definition) is 4. The van der Waals surface area contributed by atoms with Gasteiger partial charge in [-0.05, 0) is 18.6 Å². The Hall–Kier alpha value is -2.03. The number of morpholine rings is 1. The van der Waals surface area contributed by atoms with Crippen molar-refractivity contribution >= 4 is 6.03 Å². The van der Waals surface area contributed by atoms with E-state index >= 15 is 0 Å². The Labute approximate surface area is 131 Å². The number of carbonyl (C=O) groups excluding carboxylic acids is 1. The lowest BCUT2D eigenvalue weighted by Gasteiger charge is -2.31. The molecule has 0 radical (unpaired) electrons. The van der Waals surface area contributed by atoms with E-state index in [1.54, 1.807) is 11.0 Å². The molecule has 0 aromatic carbocycles. The molecular formula is C14H18F3N3O3. The monoisotopic (exact) mass is 333 g/mol. The number of nitrogens with zero attached hydrogens (tertiary/aromatic N) is 2. The minimum Gasteiger partial charge on any atom is -0.468 e. The van der Waals surface area contributed by atoms with Crippen molar-refractivity contribution in [2.24, 2.45) is 0 Å². The standard InChI is InChI=1S/C14H18F3N3O3/c1-10-8-20(4-5-22-10)13(21)19-7-11-2-3-18-12(6-11)23-9-14(15,16)17/h2-3,6,10H,4-5,7-9H2,1H3,(H,19,21). The van der Waals surface area contributed by atoms with Crippen molar-refractivity contribution in [1.29, 1.82) is 0 Å². The predicted octanol–water partition coefficient (Wildman–Crippen LogP) is 1.95. The number of nitrogens with one attached hydrogen (secondary N) is 1. The van der Waals surface area contributed by atoms with Gasteiger partial charge in [0.2, 0.25) is 5.88 Å². The Morgan fingerprint density at radius 2 is 2.35 bits per heavy atom. The highest BCUT2D eigenvalue weighted by Gasteiger charge is 2.28. The third-order valence-electron chi connectivity index (χ3n) is 3.15. The zero-order valence-electron chi connectivity index (χ0n) is 12.6. The molecule has 2 amide bonds. The molecule has 1 N–H and O–H groups in total. The zero-order chi connectivity index (χ0) is 16.9. The van der Waals surface area contributed by atoms with Crippen LogP contribution in [-0.4, -0.2) is 54.5 Å².